The van der Waals surface area contributed by atoms with E-state index >= 15 is 0 Å². The highest BCUT2D eigenvalue weighted by molar-refractivity contribution is 7.80. The molecule has 11 heteroatoms. The molecule has 0 bridgehead atoms. The highest BCUT2D eigenvalue weighted by Crippen LogP contribution is 2.29. The van der Waals surface area contributed by atoms with Crippen molar-refractivity contribution in [2.24, 2.45) is 0 Å². The number of ether oxygens (including phenoxy) is 1. The van der Waals surface area contributed by atoms with E-state index in [0.717, 1.165) is 60.5 Å². The first kappa shape index (κ1) is 28.5. The van der Waals surface area contributed by atoms with Crippen molar-refractivity contribution in [2.75, 3.05) is 43.0 Å². The van der Waals surface area contributed by atoms with Crippen LogP contribution in [0, 0.1) is 11.6 Å². The van der Waals surface area contributed by atoms with Crippen LogP contribution >= 0.6 is 12.2 Å². The third-order valence-electron chi connectivity index (χ3n) is 7.60. The second-order valence-corrected chi connectivity index (χ2v) is 10.8. The molecule has 1 unspecified atom stereocenters. The molecule has 2 heterocycles. The fourth-order valence-electron chi connectivity index (χ4n) is 5.31. The summed E-state index contributed by atoms with van der Waals surface area (Å²) in [6.45, 7) is 2.71. The van der Waals surface area contributed by atoms with Gasteiger partial charge >= 0.3 is 0 Å². The summed E-state index contributed by atoms with van der Waals surface area (Å²) < 4.78 is 35.5. The predicted octanol–water partition coefficient (Wildman–Crippen LogP) is 5.20. The zero-order chi connectivity index (χ0) is 29.8. The first-order valence-electron chi connectivity index (χ1n) is 13.9. The lowest BCUT2D eigenvalue weighted by Crippen LogP contribution is -2.50. The average Bonchev–Trinajstić information content (AvgIpc) is 3.53. The molecule has 8 nitrogen and oxygen atoms in total. The summed E-state index contributed by atoms with van der Waals surface area (Å²) in [5.74, 6) is -1.10. The highest BCUT2D eigenvalue weighted by Gasteiger charge is 2.35. The molecule has 5 aromatic rings. The van der Waals surface area contributed by atoms with Gasteiger partial charge in [0.2, 0.25) is 0 Å². The van der Waals surface area contributed by atoms with E-state index in [9.17, 15) is 13.9 Å². The van der Waals surface area contributed by atoms with Crippen molar-refractivity contribution < 1.29 is 18.6 Å². The van der Waals surface area contributed by atoms with Gasteiger partial charge in [-0.05, 0) is 54.0 Å². The Hall–Kier alpha value is -4.61. The van der Waals surface area contributed by atoms with Crippen molar-refractivity contribution in [2.45, 2.75) is 12.1 Å². The van der Waals surface area contributed by atoms with E-state index < -0.39 is 17.2 Å². The third kappa shape index (κ3) is 6.42. The molecule has 1 atom stereocenters. The van der Waals surface area contributed by atoms with Crippen LogP contribution in [0.15, 0.2) is 97.6 Å². The number of nitrogens with one attached hydrogen (secondary N) is 1. The summed E-state index contributed by atoms with van der Waals surface area (Å²) in [5, 5.41) is 21.9. The van der Waals surface area contributed by atoms with Gasteiger partial charge in [-0.15, -0.1) is 0 Å². The molecule has 1 fully saturated rings. The number of rotatable bonds is 8. The minimum atomic E-state index is -1.82. The SMILES string of the molecule is OC(COc1ccc(N2CCN(C(=S)Nc3cccc4ccccc34)CC2)cc1)(Cn1cncn1)c1ccc(F)cc1F. The number of aliphatic hydroxyl groups is 1. The second kappa shape index (κ2) is 12.3. The van der Waals surface area contributed by atoms with Crippen molar-refractivity contribution in [1.82, 2.24) is 19.7 Å². The van der Waals surface area contributed by atoms with Crippen LogP contribution in [0.5, 0.6) is 5.75 Å². The minimum absolute atomic E-state index is 0.0910. The van der Waals surface area contributed by atoms with Crippen molar-refractivity contribution in [3.8, 4) is 5.75 Å². The minimum Gasteiger partial charge on any atom is -0.490 e. The Morgan fingerprint density at radius 1 is 0.953 bits per heavy atom. The number of hydrogen-bond acceptors (Lipinski definition) is 6. The second-order valence-electron chi connectivity index (χ2n) is 10.5. The maximum atomic E-state index is 14.7. The van der Waals surface area contributed by atoms with Gasteiger partial charge in [-0.25, -0.2) is 18.4 Å². The van der Waals surface area contributed by atoms with Gasteiger partial charge in [-0.2, -0.15) is 5.10 Å². The van der Waals surface area contributed by atoms with E-state index in [2.05, 4.69) is 43.4 Å². The number of anilines is 2. The number of fused-ring (bicyclic) bond motifs is 1. The van der Waals surface area contributed by atoms with E-state index in [4.69, 9.17) is 17.0 Å². The molecule has 0 aliphatic carbocycles. The lowest BCUT2D eigenvalue weighted by molar-refractivity contribution is -0.0297. The molecule has 1 aliphatic rings. The fourth-order valence-corrected chi connectivity index (χ4v) is 5.60. The van der Waals surface area contributed by atoms with Gasteiger partial charge in [0.05, 0.1) is 6.54 Å². The Balaban J connectivity index is 1.06. The Morgan fingerprint density at radius 2 is 1.72 bits per heavy atom. The zero-order valence-electron chi connectivity index (χ0n) is 23.2. The maximum Gasteiger partial charge on any atom is 0.173 e. The standard InChI is InChI=1S/C32H30F2N6O2S/c33-24-8-13-28(29(34)18-24)32(41,19-40-22-35-21-36-40)20-42-26-11-9-25(10-12-26)38-14-16-39(17-15-38)31(43)37-30-7-3-5-23-4-1-2-6-27(23)30/h1-13,18,21-22,41H,14-17,19-20H2,(H,37,43). The van der Waals surface area contributed by atoms with Crippen LogP contribution in [0.3, 0.4) is 0 Å². The Bertz CT molecular complexity index is 1710. The molecule has 0 spiro atoms. The van der Waals surface area contributed by atoms with Gasteiger partial charge in [0, 0.05) is 54.6 Å². The van der Waals surface area contributed by atoms with Gasteiger partial charge in [0.15, 0.2) is 5.11 Å². The lowest BCUT2D eigenvalue weighted by Gasteiger charge is -2.37. The van der Waals surface area contributed by atoms with E-state index in [1.54, 1.807) is 0 Å². The lowest BCUT2D eigenvalue weighted by atomic mass is 9.94. The Kier molecular flexibility index (Phi) is 8.17. The molecular weight excluding hydrogens is 570 g/mol. The molecule has 2 N–H and O–H groups in total. The van der Waals surface area contributed by atoms with Crippen LogP contribution in [0.25, 0.3) is 10.8 Å². The van der Waals surface area contributed by atoms with Gasteiger partial charge in [-0.3, -0.25) is 0 Å². The third-order valence-corrected chi connectivity index (χ3v) is 7.96. The molecule has 0 amide bonds. The highest BCUT2D eigenvalue weighted by atomic mass is 32.1. The molecule has 1 saturated heterocycles. The summed E-state index contributed by atoms with van der Waals surface area (Å²) >= 11 is 5.74. The number of benzene rings is 4. The van der Waals surface area contributed by atoms with Crippen molar-refractivity contribution in [3.63, 3.8) is 0 Å². The summed E-state index contributed by atoms with van der Waals surface area (Å²) in [5.41, 5.74) is 0.115. The summed E-state index contributed by atoms with van der Waals surface area (Å²) in [4.78, 5) is 8.33. The number of halogens is 2. The van der Waals surface area contributed by atoms with Crippen molar-refractivity contribution in [1.29, 1.82) is 0 Å². The number of hydrogen-bond donors (Lipinski definition) is 2. The summed E-state index contributed by atoms with van der Waals surface area (Å²) in [6.07, 6.45) is 2.73. The van der Waals surface area contributed by atoms with Gasteiger partial charge in [0.1, 0.15) is 42.2 Å². The predicted molar refractivity (Wildman–Crippen MR) is 166 cm³/mol. The summed E-state index contributed by atoms with van der Waals surface area (Å²) in [6, 6.07) is 25.0. The van der Waals surface area contributed by atoms with E-state index in [0.29, 0.717) is 10.9 Å². The fraction of sp³-hybridized carbons (Fsp3) is 0.219. The van der Waals surface area contributed by atoms with Crippen molar-refractivity contribution in [3.05, 3.63) is 115 Å². The molecular formula is C32H30F2N6O2S. The smallest absolute Gasteiger partial charge is 0.173 e. The molecule has 220 valence electrons. The van der Waals surface area contributed by atoms with E-state index in [1.807, 2.05) is 48.5 Å². The average molecular weight is 601 g/mol. The molecule has 1 aliphatic heterocycles. The van der Waals surface area contributed by atoms with Crippen molar-refractivity contribution >= 4 is 39.5 Å². The topological polar surface area (TPSA) is 78.7 Å². The van der Waals surface area contributed by atoms with Crippen LogP contribution in [-0.2, 0) is 12.1 Å². The Morgan fingerprint density at radius 3 is 2.47 bits per heavy atom. The van der Waals surface area contributed by atoms with Crippen LogP contribution in [0.2, 0.25) is 0 Å². The number of thiocarbonyl (C=S) groups is 1. The zero-order valence-corrected chi connectivity index (χ0v) is 24.1. The molecule has 4 aromatic carbocycles. The maximum absolute atomic E-state index is 14.7. The van der Waals surface area contributed by atoms with Crippen LogP contribution < -0.4 is 15.0 Å². The van der Waals surface area contributed by atoms with Crippen LogP contribution in [-0.4, -0.2) is 62.7 Å². The van der Waals surface area contributed by atoms with Gasteiger partial charge < -0.3 is 25.0 Å². The van der Waals surface area contributed by atoms with Gasteiger partial charge in [-0.1, -0.05) is 42.5 Å². The largest absolute Gasteiger partial charge is 0.490 e. The van der Waals surface area contributed by atoms with Crippen LogP contribution in [0.1, 0.15) is 5.56 Å². The van der Waals surface area contributed by atoms with Gasteiger partial charge in [0.25, 0.3) is 0 Å². The van der Waals surface area contributed by atoms with E-state index in [1.165, 1.54) is 23.4 Å². The first-order valence-corrected chi connectivity index (χ1v) is 14.3. The molecule has 43 heavy (non-hydrogen) atoms. The first-order chi connectivity index (χ1) is 20.9. The molecule has 1 aromatic heterocycles. The van der Waals surface area contributed by atoms with Crippen LogP contribution in [0.4, 0.5) is 20.2 Å². The number of aromatic nitrogens is 3. The number of nitrogens with zero attached hydrogens (tertiary/aromatic N) is 5. The molecule has 0 saturated carbocycles. The molecule has 6 rings (SSSR count). The molecule has 0 radical (unpaired) electrons. The Labute approximate surface area is 253 Å². The summed E-state index contributed by atoms with van der Waals surface area (Å²) in [7, 11) is 0. The van der Waals surface area contributed by atoms with E-state index in [-0.39, 0.29) is 18.7 Å². The monoisotopic (exact) mass is 600 g/mol. The number of piperazine rings is 1. The quantitative estimate of drug-likeness (QED) is 0.236. The normalized spacial score (nSPS) is 14.9.